The fraction of sp³-hybridized carbons (Fsp3) is 0.571. The summed E-state index contributed by atoms with van der Waals surface area (Å²) >= 11 is 0. The third-order valence-electron chi connectivity index (χ3n) is 3.58. The summed E-state index contributed by atoms with van der Waals surface area (Å²) in [4.78, 5) is 0. The first-order valence-electron chi connectivity index (χ1n) is 6.39. The Hall–Kier alpha value is -1.29. The van der Waals surface area contributed by atoms with Crippen molar-refractivity contribution in [3.05, 3.63) is 24.0 Å². The molecule has 2 N–H and O–H groups in total. The van der Waals surface area contributed by atoms with Crippen molar-refractivity contribution in [3.63, 3.8) is 0 Å². The summed E-state index contributed by atoms with van der Waals surface area (Å²) in [5.74, 6) is 0.644. The van der Waals surface area contributed by atoms with Gasteiger partial charge in [0.2, 0.25) is 0 Å². The number of hydrogen-bond donors (Lipinski definition) is 1. The SMILES string of the molecule is COC1CCC(COc2cc(F)ccc2N)CC1. The minimum absolute atomic E-state index is 0.317. The van der Waals surface area contributed by atoms with Crippen molar-refractivity contribution in [2.45, 2.75) is 31.8 Å². The highest BCUT2D eigenvalue weighted by Crippen LogP contribution is 2.28. The van der Waals surface area contributed by atoms with Crippen LogP contribution in [0.3, 0.4) is 0 Å². The minimum Gasteiger partial charge on any atom is -0.491 e. The lowest BCUT2D eigenvalue weighted by Gasteiger charge is -2.27. The lowest BCUT2D eigenvalue weighted by Crippen LogP contribution is -2.24. The van der Waals surface area contributed by atoms with E-state index < -0.39 is 0 Å². The molecule has 1 aliphatic carbocycles. The molecule has 2 rings (SSSR count). The number of nitrogens with two attached hydrogens (primary N) is 1. The molecule has 1 saturated carbocycles. The lowest BCUT2D eigenvalue weighted by atomic mass is 9.88. The minimum atomic E-state index is -0.317. The van der Waals surface area contributed by atoms with Gasteiger partial charge in [-0.05, 0) is 43.7 Å². The predicted octanol–water partition coefficient (Wildman–Crippen LogP) is 2.99. The normalized spacial score (nSPS) is 23.9. The van der Waals surface area contributed by atoms with Crippen molar-refractivity contribution < 1.29 is 13.9 Å². The van der Waals surface area contributed by atoms with Gasteiger partial charge in [-0.25, -0.2) is 4.39 Å². The van der Waals surface area contributed by atoms with Gasteiger partial charge >= 0.3 is 0 Å². The molecule has 4 heteroatoms. The standard InChI is InChI=1S/C14H20FNO2/c1-17-12-5-2-10(3-6-12)9-18-14-8-11(15)4-7-13(14)16/h4,7-8,10,12H,2-3,5-6,9,16H2,1H3. The van der Waals surface area contributed by atoms with E-state index in [-0.39, 0.29) is 5.82 Å². The first kappa shape index (κ1) is 13.1. The van der Waals surface area contributed by atoms with Crippen molar-refractivity contribution in [2.24, 2.45) is 5.92 Å². The van der Waals surface area contributed by atoms with E-state index in [1.54, 1.807) is 7.11 Å². The van der Waals surface area contributed by atoms with Crippen LogP contribution in [0.15, 0.2) is 18.2 Å². The lowest BCUT2D eigenvalue weighted by molar-refractivity contribution is 0.0482. The Labute approximate surface area is 107 Å². The molecule has 0 radical (unpaired) electrons. The molecular weight excluding hydrogens is 233 g/mol. The van der Waals surface area contributed by atoms with E-state index in [1.807, 2.05) is 0 Å². The Kier molecular flexibility index (Phi) is 4.42. The second-order valence-electron chi connectivity index (χ2n) is 4.87. The van der Waals surface area contributed by atoms with Crippen LogP contribution >= 0.6 is 0 Å². The fourth-order valence-electron chi connectivity index (χ4n) is 2.38. The van der Waals surface area contributed by atoms with Gasteiger partial charge in [0.15, 0.2) is 0 Å². The second-order valence-corrected chi connectivity index (χ2v) is 4.87. The number of benzene rings is 1. The van der Waals surface area contributed by atoms with Crippen molar-refractivity contribution in [1.29, 1.82) is 0 Å². The molecule has 18 heavy (non-hydrogen) atoms. The Morgan fingerprint density at radius 1 is 1.28 bits per heavy atom. The number of halogens is 1. The monoisotopic (exact) mass is 253 g/mol. The smallest absolute Gasteiger partial charge is 0.145 e. The maximum atomic E-state index is 13.1. The van der Waals surface area contributed by atoms with Crippen LogP contribution in [-0.4, -0.2) is 19.8 Å². The van der Waals surface area contributed by atoms with Gasteiger partial charge in [0.05, 0.1) is 18.4 Å². The number of anilines is 1. The third kappa shape index (κ3) is 3.35. The summed E-state index contributed by atoms with van der Waals surface area (Å²) < 4.78 is 24.0. The molecule has 0 heterocycles. The predicted molar refractivity (Wildman–Crippen MR) is 69.1 cm³/mol. The molecule has 0 unspecified atom stereocenters. The maximum absolute atomic E-state index is 13.1. The molecule has 3 nitrogen and oxygen atoms in total. The fourth-order valence-corrected chi connectivity index (χ4v) is 2.38. The van der Waals surface area contributed by atoms with E-state index in [0.717, 1.165) is 25.7 Å². The van der Waals surface area contributed by atoms with Crippen molar-refractivity contribution in [1.82, 2.24) is 0 Å². The van der Waals surface area contributed by atoms with E-state index in [9.17, 15) is 4.39 Å². The third-order valence-corrected chi connectivity index (χ3v) is 3.58. The van der Waals surface area contributed by atoms with Gasteiger partial charge in [-0.1, -0.05) is 0 Å². The van der Waals surface area contributed by atoms with Crippen LogP contribution in [0, 0.1) is 11.7 Å². The zero-order valence-corrected chi connectivity index (χ0v) is 10.7. The van der Waals surface area contributed by atoms with Gasteiger partial charge in [0.1, 0.15) is 11.6 Å². The molecular formula is C14H20FNO2. The Bertz CT molecular complexity index is 389. The van der Waals surface area contributed by atoms with Crippen LogP contribution in [0.1, 0.15) is 25.7 Å². The zero-order valence-electron chi connectivity index (χ0n) is 10.7. The summed E-state index contributed by atoms with van der Waals surface area (Å²) in [6.45, 7) is 0.601. The number of methoxy groups -OCH3 is 1. The zero-order chi connectivity index (χ0) is 13.0. The van der Waals surface area contributed by atoms with Gasteiger partial charge in [0.25, 0.3) is 0 Å². The Morgan fingerprint density at radius 3 is 2.67 bits per heavy atom. The van der Waals surface area contributed by atoms with Crippen LogP contribution in [0.5, 0.6) is 5.75 Å². The number of hydrogen-bond acceptors (Lipinski definition) is 3. The topological polar surface area (TPSA) is 44.5 Å². The summed E-state index contributed by atoms with van der Waals surface area (Å²) in [5.41, 5.74) is 6.22. The summed E-state index contributed by atoms with van der Waals surface area (Å²) in [7, 11) is 1.76. The van der Waals surface area contributed by atoms with E-state index in [4.69, 9.17) is 15.2 Å². The molecule has 0 spiro atoms. The van der Waals surface area contributed by atoms with E-state index in [0.29, 0.717) is 30.1 Å². The van der Waals surface area contributed by atoms with Gasteiger partial charge < -0.3 is 15.2 Å². The van der Waals surface area contributed by atoms with E-state index in [2.05, 4.69) is 0 Å². The molecule has 1 fully saturated rings. The highest BCUT2D eigenvalue weighted by atomic mass is 19.1. The first-order valence-corrected chi connectivity index (χ1v) is 6.39. The highest BCUT2D eigenvalue weighted by Gasteiger charge is 2.21. The largest absolute Gasteiger partial charge is 0.491 e. The van der Waals surface area contributed by atoms with E-state index >= 15 is 0 Å². The van der Waals surface area contributed by atoms with Crippen LogP contribution in [0.2, 0.25) is 0 Å². The molecule has 1 aromatic carbocycles. The Morgan fingerprint density at radius 2 is 2.00 bits per heavy atom. The van der Waals surface area contributed by atoms with Crippen LogP contribution in [0.4, 0.5) is 10.1 Å². The molecule has 0 saturated heterocycles. The Balaban J connectivity index is 1.83. The van der Waals surface area contributed by atoms with E-state index in [1.165, 1.54) is 18.2 Å². The molecule has 0 amide bonds. The van der Waals surface area contributed by atoms with Crippen LogP contribution in [-0.2, 0) is 4.74 Å². The second kappa shape index (κ2) is 6.05. The van der Waals surface area contributed by atoms with Crippen LogP contribution in [0.25, 0.3) is 0 Å². The number of rotatable bonds is 4. The molecule has 100 valence electrons. The molecule has 0 aliphatic heterocycles. The van der Waals surface area contributed by atoms with Crippen molar-refractivity contribution in [2.75, 3.05) is 19.5 Å². The van der Waals surface area contributed by atoms with Crippen molar-refractivity contribution in [3.8, 4) is 5.75 Å². The van der Waals surface area contributed by atoms with Crippen molar-refractivity contribution >= 4 is 5.69 Å². The first-order chi connectivity index (χ1) is 8.69. The highest BCUT2D eigenvalue weighted by molar-refractivity contribution is 5.52. The number of nitrogen functional groups attached to an aromatic ring is 1. The molecule has 0 atom stereocenters. The van der Waals surface area contributed by atoms with Gasteiger partial charge in [0, 0.05) is 13.2 Å². The molecule has 0 bridgehead atoms. The average molecular weight is 253 g/mol. The average Bonchev–Trinajstić information content (AvgIpc) is 2.40. The van der Waals surface area contributed by atoms with Gasteiger partial charge in [-0.3, -0.25) is 0 Å². The van der Waals surface area contributed by atoms with Gasteiger partial charge in [-0.15, -0.1) is 0 Å². The van der Waals surface area contributed by atoms with Gasteiger partial charge in [-0.2, -0.15) is 0 Å². The quantitative estimate of drug-likeness (QED) is 0.839. The summed E-state index contributed by atoms with van der Waals surface area (Å²) in [5, 5.41) is 0. The number of ether oxygens (including phenoxy) is 2. The molecule has 1 aromatic rings. The summed E-state index contributed by atoms with van der Waals surface area (Å²) in [6, 6.07) is 4.22. The van der Waals surface area contributed by atoms with Crippen LogP contribution < -0.4 is 10.5 Å². The maximum Gasteiger partial charge on any atom is 0.145 e. The summed E-state index contributed by atoms with van der Waals surface area (Å²) in [6.07, 6.45) is 4.72. The molecule has 1 aliphatic rings. The molecule has 0 aromatic heterocycles.